The Hall–Kier alpha value is -1.71. The number of nitrogens with zero attached hydrogens (tertiary/aromatic N) is 1. The first-order chi connectivity index (χ1) is 7.13. The molecular weight excluding hydrogens is 197 g/mol. The summed E-state index contributed by atoms with van der Waals surface area (Å²) in [6, 6.07) is 2.90. The molecule has 3 nitrogen and oxygen atoms in total. The normalized spacial score (nSPS) is 10.6. The molecule has 0 aromatic carbocycles. The molecule has 0 spiro atoms. The number of carbonyl (C=O) groups is 1. The maximum absolute atomic E-state index is 12.6. The number of ether oxygens (including phenoxy) is 1. The molecule has 0 bridgehead atoms. The summed E-state index contributed by atoms with van der Waals surface area (Å²) in [4.78, 5) is 14.4. The van der Waals surface area contributed by atoms with Crippen molar-refractivity contribution >= 4 is 12.0 Å². The summed E-state index contributed by atoms with van der Waals surface area (Å²) in [6.07, 6.45) is 3.58. The number of rotatable bonds is 3. The molecule has 0 saturated heterocycles. The molecule has 1 aromatic rings. The van der Waals surface area contributed by atoms with Crippen LogP contribution in [-0.2, 0) is 9.53 Å². The predicted molar refractivity (Wildman–Crippen MR) is 54.6 cm³/mol. The molecule has 1 aromatic heterocycles. The smallest absolute Gasteiger partial charge is 0.309 e. The molecule has 1 heterocycles. The van der Waals surface area contributed by atoms with E-state index in [0.717, 1.165) is 5.56 Å². The highest BCUT2D eigenvalue weighted by molar-refractivity contribution is 5.72. The van der Waals surface area contributed by atoms with E-state index in [4.69, 9.17) is 0 Å². The molecular formula is C11H12FNO2. The highest BCUT2D eigenvalue weighted by Crippen LogP contribution is 2.08. The molecule has 0 fully saturated rings. The second kappa shape index (κ2) is 5.24. The molecule has 0 amide bonds. The van der Waals surface area contributed by atoms with Crippen molar-refractivity contribution in [2.75, 3.05) is 7.11 Å². The molecule has 0 unspecified atom stereocenters. The number of esters is 1. The summed E-state index contributed by atoms with van der Waals surface area (Å²) in [5, 5.41) is 0. The molecule has 0 aliphatic rings. The van der Waals surface area contributed by atoms with Gasteiger partial charge in [-0.05, 0) is 24.6 Å². The topological polar surface area (TPSA) is 39.2 Å². The summed E-state index contributed by atoms with van der Waals surface area (Å²) in [5.74, 6) is -0.809. The zero-order chi connectivity index (χ0) is 11.3. The minimum absolute atomic E-state index is 0.202. The van der Waals surface area contributed by atoms with Crippen LogP contribution in [0.1, 0.15) is 17.7 Å². The Labute approximate surface area is 87.6 Å². The van der Waals surface area contributed by atoms with Crippen LogP contribution in [0, 0.1) is 12.9 Å². The van der Waals surface area contributed by atoms with Crippen LogP contribution in [0.15, 0.2) is 18.2 Å². The van der Waals surface area contributed by atoms with Gasteiger partial charge in [-0.25, -0.2) is 4.98 Å². The van der Waals surface area contributed by atoms with Gasteiger partial charge in [-0.2, -0.15) is 4.39 Å². The molecule has 0 saturated carbocycles. The van der Waals surface area contributed by atoms with E-state index in [9.17, 15) is 9.18 Å². The lowest BCUT2D eigenvalue weighted by Crippen LogP contribution is -1.97. The molecule has 15 heavy (non-hydrogen) atoms. The molecule has 0 aliphatic carbocycles. The van der Waals surface area contributed by atoms with Gasteiger partial charge in [0.2, 0.25) is 5.95 Å². The van der Waals surface area contributed by atoms with Crippen molar-refractivity contribution < 1.29 is 13.9 Å². The summed E-state index contributed by atoms with van der Waals surface area (Å²) in [7, 11) is 1.33. The van der Waals surface area contributed by atoms with Crippen LogP contribution in [0.3, 0.4) is 0 Å². The average molecular weight is 209 g/mol. The van der Waals surface area contributed by atoms with Gasteiger partial charge < -0.3 is 4.74 Å². The molecule has 80 valence electrons. The zero-order valence-corrected chi connectivity index (χ0v) is 8.66. The van der Waals surface area contributed by atoms with Gasteiger partial charge >= 0.3 is 5.97 Å². The Morgan fingerprint density at radius 1 is 1.60 bits per heavy atom. The first-order valence-electron chi connectivity index (χ1n) is 4.50. The number of hydrogen-bond acceptors (Lipinski definition) is 3. The molecule has 0 N–H and O–H groups in total. The van der Waals surface area contributed by atoms with Crippen LogP contribution in [0.2, 0.25) is 0 Å². The summed E-state index contributed by atoms with van der Waals surface area (Å²) >= 11 is 0. The third-order valence-electron chi connectivity index (χ3n) is 1.90. The summed E-state index contributed by atoms with van der Waals surface area (Å²) in [6.45, 7) is 1.71. The molecule has 0 radical (unpaired) electrons. The fourth-order valence-corrected chi connectivity index (χ4v) is 1.08. The second-order valence-electron chi connectivity index (χ2n) is 2.99. The quantitative estimate of drug-likeness (QED) is 0.565. The largest absolute Gasteiger partial charge is 0.469 e. The van der Waals surface area contributed by atoms with Crippen LogP contribution in [0.4, 0.5) is 4.39 Å². The van der Waals surface area contributed by atoms with Crippen LogP contribution in [0.25, 0.3) is 6.08 Å². The van der Waals surface area contributed by atoms with Crippen molar-refractivity contribution in [2.24, 2.45) is 0 Å². The van der Waals surface area contributed by atoms with Gasteiger partial charge in [-0.3, -0.25) is 4.79 Å². The molecule has 1 rings (SSSR count). The Bertz CT molecular complexity index is 388. The summed E-state index contributed by atoms with van der Waals surface area (Å²) in [5.41, 5.74) is 1.39. The van der Waals surface area contributed by atoms with E-state index in [-0.39, 0.29) is 12.4 Å². The number of pyridine rings is 1. The fraction of sp³-hybridized carbons (Fsp3) is 0.273. The monoisotopic (exact) mass is 209 g/mol. The van der Waals surface area contributed by atoms with Gasteiger partial charge in [-0.15, -0.1) is 0 Å². The maximum Gasteiger partial charge on any atom is 0.309 e. The van der Waals surface area contributed by atoms with E-state index >= 15 is 0 Å². The Morgan fingerprint density at radius 2 is 2.33 bits per heavy atom. The maximum atomic E-state index is 12.6. The van der Waals surface area contributed by atoms with E-state index in [1.807, 2.05) is 0 Å². The summed E-state index contributed by atoms with van der Waals surface area (Å²) < 4.78 is 17.1. The SMILES string of the molecule is COC(=O)CC=Cc1ccc(F)nc1C. The van der Waals surface area contributed by atoms with Crippen molar-refractivity contribution in [1.29, 1.82) is 0 Å². The van der Waals surface area contributed by atoms with Crippen LogP contribution < -0.4 is 0 Å². The third-order valence-corrected chi connectivity index (χ3v) is 1.90. The minimum atomic E-state index is -0.502. The lowest BCUT2D eigenvalue weighted by molar-refractivity contribution is -0.139. The van der Waals surface area contributed by atoms with E-state index in [1.165, 1.54) is 13.2 Å². The van der Waals surface area contributed by atoms with Gasteiger partial charge in [0, 0.05) is 5.69 Å². The lowest BCUT2D eigenvalue weighted by atomic mass is 10.2. The molecule has 4 heteroatoms. The van der Waals surface area contributed by atoms with Crippen LogP contribution >= 0.6 is 0 Å². The molecule has 0 atom stereocenters. The van der Waals surface area contributed by atoms with E-state index in [1.54, 1.807) is 25.1 Å². The minimum Gasteiger partial charge on any atom is -0.469 e. The van der Waals surface area contributed by atoms with Gasteiger partial charge in [-0.1, -0.05) is 12.2 Å². The average Bonchev–Trinajstić information content (AvgIpc) is 2.21. The third kappa shape index (κ3) is 3.50. The fourth-order valence-electron chi connectivity index (χ4n) is 1.08. The highest BCUT2D eigenvalue weighted by atomic mass is 19.1. The number of hydrogen-bond donors (Lipinski definition) is 0. The van der Waals surface area contributed by atoms with Crippen molar-refractivity contribution in [1.82, 2.24) is 4.98 Å². The van der Waals surface area contributed by atoms with Gasteiger partial charge in [0.05, 0.1) is 13.5 Å². The number of halogens is 1. The number of aromatic nitrogens is 1. The number of methoxy groups -OCH3 is 1. The van der Waals surface area contributed by atoms with Crippen LogP contribution in [-0.4, -0.2) is 18.1 Å². The second-order valence-corrected chi connectivity index (χ2v) is 2.99. The highest BCUT2D eigenvalue weighted by Gasteiger charge is 1.98. The standard InChI is InChI=1S/C11H12FNO2/c1-8-9(6-7-10(12)13-8)4-3-5-11(14)15-2/h3-4,6-7H,5H2,1-2H3. The molecule has 0 aliphatic heterocycles. The van der Waals surface area contributed by atoms with Gasteiger partial charge in [0.25, 0.3) is 0 Å². The van der Waals surface area contributed by atoms with Crippen molar-refractivity contribution in [3.8, 4) is 0 Å². The van der Waals surface area contributed by atoms with Crippen molar-refractivity contribution in [3.05, 3.63) is 35.4 Å². The number of aryl methyl sites for hydroxylation is 1. The lowest BCUT2D eigenvalue weighted by Gasteiger charge is -1.98. The van der Waals surface area contributed by atoms with E-state index < -0.39 is 5.95 Å². The van der Waals surface area contributed by atoms with E-state index in [0.29, 0.717) is 5.69 Å². The Morgan fingerprint density at radius 3 is 2.93 bits per heavy atom. The van der Waals surface area contributed by atoms with E-state index in [2.05, 4.69) is 9.72 Å². The van der Waals surface area contributed by atoms with Crippen molar-refractivity contribution in [3.63, 3.8) is 0 Å². The first-order valence-corrected chi connectivity index (χ1v) is 4.50. The first kappa shape index (κ1) is 11.4. The van der Waals surface area contributed by atoms with Crippen molar-refractivity contribution in [2.45, 2.75) is 13.3 Å². The predicted octanol–water partition coefficient (Wildman–Crippen LogP) is 2.11. The Kier molecular flexibility index (Phi) is 3.97. The van der Waals surface area contributed by atoms with Gasteiger partial charge in [0.15, 0.2) is 0 Å². The number of carbonyl (C=O) groups excluding carboxylic acids is 1. The van der Waals surface area contributed by atoms with Gasteiger partial charge in [0.1, 0.15) is 0 Å². The van der Waals surface area contributed by atoms with Crippen LogP contribution in [0.5, 0.6) is 0 Å². The zero-order valence-electron chi connectivity index (χ0n) is 8.66. The Balaban J connectivity index is 2.68.